The van der Waals surface area contributed by atoms with Gasteiger partial charge < -0.3 is 10.2 Å². The maximum absolute atomic E-state index is 9.91. The highest BCUT2D eigenvalue weighted by Gasteiger charge is 2.10. The minimum atomic E-state index is -0.344. The van der Waals surface area contributed by atoms with E-state index in [1.807, 2.05) is 35.0 Å². The van der Waals surface area contributed by atoms with Crippen molar-refractivity contribution in [3.8, 4) is 0 Å². The molecule has 0 fully saturated rings. The van der Waals surface area contributed by atoms with Crippen molar-refractivity contribution < 1.29 is 10.2 Å². The lowest BCUT2D eigenvalue weighted by atomic mass is 10.1. The summed E-state index contributed by atoms with van der Waals surface area (Å²) < 4.78 is 0. The highest BCUT2D eigenvalue weighted by Crippen LogP contribution is 2.27. The van der Waals surface area contributed by atoms with Gasteiger partial charge in [0.2, 0.25) is 0 Å². The van der Waals surface area contributed by atoms with E-state index in [1.54, 1.807) is 22.7 Å². The number of aliphatic hydroxyl groups is 2. The molecule has 98 valence electrons. The van der Waals surface area contributed by atoms with Crippen molar-refractivity contribution in [1.29, 1.82) is 0 Å². The standard InChI is InChI=1S/C14H18O2S2/c15-11(13-7-3-9-17-13)5-1-2-6-12(16)14-8-4-10-18-14/h3-4,7-12,15-16H,1-2,5-6H2/t11-,12-/m1/s1. The lowest BCUT2D eigenvalue weighted by Gasteiger charge is -2.10. The first kappa shape index (κ1) is 13.7. The van der Waals surface area contributed by atoms with Crippen molar-refractivity contribution in [2.24, 2.45) is 0 Å². The van der Waals surface area contributed by atoms with Crippen LogP contribution in [0.3, 0.4) is 0 Å². The average Bonchev–Trinajstić information content (AvgIpc) is 3.05. The van der Waals surface area contributed by atoms with Gasteiger partial charge in [0, 0.05) is 9.75 Å². The zero-order valence-electron chi connectivity index (χ0n) is 10.2. The van der Waals surface area contributed by atoms with Crippen LogP contribution < -0.4 is 0 Å². The molecular formula is C14H18O2S2. The molecule has 2 N–H and O–H groups in total. The zero-order chi connectivity index (χ0) is 12.8. The van der Waals surface area contributed by atoms with Crippen LogP contribution in [-0.2, 0) is 0 Å². The monoisotopic (exact) mass is 282 g/mol. The molecule has 0 spiro atoms. The first-order valence-electron chi connectivity index (χ1n) is 6.20. The van der Waals surface area contributed by atoms with Crippen molar-refractivity contribution in [2.75, 3.05) is 0 Å². The Balaban J connectivity index is 1.64. The maximum Gasteiger partial charge on any atom is 0.0882 e. The summed E-state index contributed by atoms with van der Waals surface area (Å²) in [6.45, 7) is 0. The zero-order valence-corrected chi connectivity index (χ0v) is 11.8. The van der Waals surface area contributed by atoms with Gasteiger partial charge in [-0.05, 0) is 35.7 Å². The van der Waals surface area contributed by atoms with Crippen LogP contribution in [-0.4, -0.2) is 10.2 Å². The smallest absolute Gasteiger partial charge is 0.0882 e. The molecule has 0 bridgehead atoms. The molecule has 2 rings (SSSR count). The summed E-state index contributed by atoms with van der Waals surface area (Å²) in [6.07, 6.45) is 2.76. The first-order valence-corrected chi connectivity index (χ1v) is 7.96. The summed E-state index contributed by atoms with van der Waals surface area (Å²) in [4.78, 5) is 2.07. The molecule has 0 saturated carbocycles. The van der Waals surface area contributed by atoms with Gasteiger partial charge in [0.25, 0.3) is 0 Å². The van der Waals surface area contributed by atoms with Crippen molar-refractivity contribution >= 4 is 22.7 Å². The highest BCUT2D eigenvalue weighted by atomic mass is 32.1. The lowest BCUT2D eigenvalue weighted by molar-refractivity contribution is 0.150. The minimum absolute atomic E-state index is 0.344. The molecule has 2 aromatic rings. The molecule has 18 heavy (non-hydrogen) atoms. The van der Waals surface area contributed by atoms with Crippen molar-refractivity contribution in [3.63, 3.8) is 0 Å². The molecule has 0 amide bonds. The predicted molar refractivity (Wildman–Crippen MR) is 77.0 cm³/mol. The molecular weight excluding hydrogens is 264 g/mol. The van der Waals surface area contributed by atoms with E-state index < -0.39 is 0 Å². The van der Waals surface area contributed by atoms with E-state index in [9.17, 15) is 10.2 Å². The summed E-state index contributed by atoms with van der Waals surface area (Å²) in [5.74, 6) is 0. The Hall–Kier alpha value is -0.680. The SMILES string of the molecule is O[C@H](CCCC[C@@H](O)c1cccs1)c1cccs1. The molecule has 0 aliphatic heterocycles. The minimum Gasteiger partial charge on any atom is -0.388 e. The van der Waals surface area contributed by atoms with Gasteiger partial charge in [-0.2, -0.15) is 0 Å². The first-order chi connectivity index (χ1) is 8.77. The largest absolute Gasteiger partial charge is 0.388 e. The molecule has 2 aromatic heterocycles. The molecule has 0 aliphatic rings. The normalized spacial score (nSPS) is 14.6. The highest BCUT2D eigenvalue weighted by molar-refractivity contribution is 7.10. The van der Waals surface area contributed by atoms with Crippen LogP contribution in [0, 0.1) is 0 Å². The predicted octanol–water partition coefficient (Wildman–Crippen LogP) is 4.14. The van der Waals surface area contributed by atoms with Gasteiger partial charge >= 0.3 is 0 Å². The average molecular weight is 282 g/mol. The third-order valence-electron chi connectivity index (χ3n) is 2.95. The third-order valence-corrected chi connectivity index (χ3v) is 4.90. The molecule has 0 aliphatic carbocycles. The Morgan fingerprint density at radius 3 is 1.61 bits per heavy atom. The second-order valence-electron chi connectivity index (χ2n) is 4.35. The molecule has 2 atom stereocenters. The summed E-state index contributed by atoms with van der Waals surface area (Å²) in [5, 5.41) is 23.8. The van der Waals surface area contributed by atoms with Gasteiger partial charge in [-0.3, -0.25) is 0 Å². The second-order valence-corrected chi connectivity index (χ2v) is 6.31. The van der Waals surface area contributed by atoms with Gasteiger partial charge in [-0.15, -0.1) is 22.7 Å². The molecule has 0 saturated heterocycles. The summed E-state index contributed by atoms with van der Waals surface area (Å²) in [5.41, 5.74) is 0. The van der Waals surface area contributed by atoms with Crippen LogP contribution in [0.2, 0.25) is 0 Å². The van der Waals surface area contributed by atoms with Gasteiger partial charge in [-0.25, -0.2) is 0 Å². The molecule has 0 unspecified atom stereocenters. The van der Waals surface area contributed by atoms with Gasteiger partial charge in [0.15, 0.2) is 0 Å². The quantitative estimate of drug-likeness (QED) is 0.749. The van der Waals surface area contributed by atoms with E-state index in [0.717, 1.165) is 35.4 Å². The van der Waals surface area contributed by atoms with Crippen LogP contribution in [0.4, 0.5) is 0 Å². The van der Waals surface area contributed by atoms with E-state index in [-0.39, 0.29) is 12.2 Å². The van der Waals surface area contributed by atoms with Crippen LogP contribution in [0.15, 0.2) is 35.0 Å². The lowest BCUT2D eigenvalue weighted by Crippen LogP contribution is -1.97. The van der Waals surface area contributed by atoms with Crippen LogP contribution >= 0.6 is 22.7 Å². The Bertz CT molecular complexity index is 380. The maximum atomic E-state index is 9.91. The van der Waals surface area contributed by atoms with Crippen LogP contribution in [0.5, 0.6) is 0 Å². The summed E-state index contributed by atoms with van der Waals surface area (Å²) in [6, 6.07) is 7.86. The summed E-state index contributed by atoms with van der Waals surface area (Å²) in [7, 11) is 0. The van der Waals surface area contributed by atoms with E-state index in [4.69, 9.17) is 0 Å². The number of thiophene rings is 2. The summed E-state index contributed by atoms with van der Waals surface area (Å²) >= 11 is 3.19. The van der Waals surface area contributed by atoms with E-state index in [2.05, 4.69) is 0 Å². The fourth-order valence-electron chi connectivity index (χ4n) is 1.92. The van der Waals surface area contributed by atoms with Gasteiger partial charge in [-0.1, -0.05) is 25.0 Å². The van der Waals surface area contributed by atoms with Crippen molar-refractivity contribution in [3.05, 3.63) is 44.8 Å². The molecule has 0 aromatic carbocycles. The third kappa shape index (κ3) is 3.92. The fraction of sp³-hybridized carbons (Fsp3) is 0.429. The Kier molecular flexibility index (Phi) is 5.38. The van der Waals surface area contributed by atoms with Crippen molar-refractivity contribution in [2.45, 2.75) is 37.9 Å². The number of unbranched alkanes of at least 4 members (excludes halogenated alkanes) is 1. The number of aliphatic hydroxyl groups excluding tert-OH is 2. The molecule has 0 radical (unpaired) electrons. The van der Waals surface area contributed by atoms with Gasteiger partial charge in [0.1, 0.15) is 0 Å². The van der Waals surface area contributed by atoms with E-state index in [0.29, 0.717) is 0 Å². The molecule has 2 heterocycles. The van der Waals surface area contributed by atoms with Gasteiger partial charge in [0.05, 0.1) is 12.2 Å². The van der Waals surface area contributed by atoms with Crippen LogP contribution in [0.1, 0.15) is 47.6 Å². The number of rotatable bonds is 7. The van der Waals surface area contributed by atoms with Crippen molar-refractivity contribution in [1.82, 2.24) is 0 Å². The number of hydrogen-bond acceptors (Lipinski definition) is 4. The van der Waals surface area contributed by atoms with Crippen LogP contribution in [0.25, 0.3) is 0 Å². The van der Waals surface area contributed by atoms with E-state index >= 15 is 0 Å². The number of hydrogen-bond donors (Lipinski definition) is 2. The topological polar surface area (TPSA) is 40.5 Å². The fourth-order valence-corrected chi connectivity index (χ4v) is 3.41. The Morgan fingerprint density at radius 2 is 1.28 bits per heavy atom. The van der Waals surface area contributed by atoms with E-state index in [1.165, 1.54) is 0 Å². The Morgan fingerprint density at radius 1 is 0.833 bits per heavy atom. The molecule has 4 heteroatoms. The second kappa shape index (κ2) is 7.04. The Labute approximate surface area is 116 Å². The molecule has 2 nitrogen and oxygen atoms in total.